The molecule has 0 spiro atoms. The third-order valence-electron chi connectivity index (χ3n) is 1.44. The number of hydrogen-bond donors (Lipinski definition) is 2. The number of thiol groups is 1. The molecule has 0 aliphatic heterocycles. The van der Waals surface area contributed by atoms with Crippen molar-refractivity contribution in [1.29, 1.82) is 0 Å². The van der Waals surface area contributed by atoms with Gasteiger partial charge in [-0.15, -0.1) is 0 Å². The lowest BCUT2D eigenvalue weighted by atomic mass is 10.2. The number of hydrogen-bond acceptors (Lipinski definition) is 3. The van der Waals surface area contributed by atoms with Gasteiger partial charge >= 0.3 is 5.97 Å². The molecule has 0 aliphatic carbocycles. The van der Waals surface area contributed by atoms with Crippen molar-refractivity contribution in [1.82, 2.24) is 4.98 Å². The van der Waals surface area contributed by atoms with Crippen LogP contribution in [0.1, 0.15) is 16.1 Å². The lowest BCUT2D eigenvalue weighted by Gasteiger charge is -1.97. The summed E-state index contributed by atoms with van der Waals surface area (Å²) in [7, 11) is 0. The molecule has 0 bridgehead atoms. The van der Waals surface area contributed by atoms with Crippen LogP contribution in [0.5, 0.6) is 0 Å². The van der Waals surface area contributed by atoms with Crippen LogP contribution in [0.4, 0.5) is 0 Å². The van der Waals surface area contributed by atoms with Gasteiger partial charge in [0.05, 0.1) is 0 Å². The maximum absolute atomic E-state index is 10.7. The van der Waals surface area contributed by atoms with Gasteiger partial charge < -0.3 is 5.11 Å². The molecule has 1 aromatic rings. The number of carboxylic acid groups (broad SMARTS) is 1. The Balaban J connectivity index is 3.05. The molecule has 13 heavy (non-hydrogen) atoms. The first-order valence-corrected chi connectivity index (χ1v) is 4.34. The van der Waals surface area contributed by atoms with Crippen molar-refractivity contribution in [3.8, 4) is 0 Å². The number of aromatic nitrogens is 1. The topological polar surface area (TPSA) is 50.2 Å². The fraction of sp³-hybridized carbons (Fsp3) is 0.111. The molecule has 1 rings (SSSR count). The number of carbonyl (C=O) groups is 1. The van der Waals surface area contributed by atoms with E-state index in [1.54, 1.807) is 24.3 Å². The van der Waals surface area contributed by atoms with E-state index in [9.17, 15) is 4.79 Å². The second-order valence-electron chi connectivity index (χ2n) is 2.33. The first-order valence-electron chi connectivity index (χ1n) is 3.71. The lowest BCUT2D eigenvalue weighted by molar-refractivity contribution is 0.0690. The Hall–Kier alpha value is -1.29. The van der Waals surface area contributed by atoms with Gasteiger partial charge in [0.25, 0.3) is 0 Å². The molecule has 1 heterocycles. The van der Waals surface area contributed by atoms with Crippen molar-refractivity contribution in [2.45, 2.75) is 0 Å². The van der Waals surface area contributed by atoms with E-state index in [0.29, 0.717) is 11.3 Å². The van der Waals surface area contributed by atoms with E-state index >= 15 is 0 Å². The predicted octanol–water partition coefficient (Wildman–Crippen LogP) is 1.72. The smallest absolute Gasteiger partial charge is 0.355 e. The molecular weight excluding hydrogens is 186 g/mol. The van der Waals surface area contributed by atoms with Gasteiger partial charge in [-0.2, -0.15) is 12.6 Å². The zero-order chi connectivity index (χ0) is 9.68. The normalized spacial score (nSPS) is 10.5. The second-order valence-corrected chi connectivity index (χ2v) is 2.70. The SMILES string of the molecule is O=C(O)c1ncccc1C=CCS. The molecule has 1 aromatic heterocycles. The molecular formula is C9H9NO2S. The molecule has 0 unspecified atom stereocenters. The van der Waals surface area contributed by atoms with Crippen molar-refractivity contribution in [3.63, 3.8) is 0 Å². The van der Waals surface area contributed by atoms with Crippen molar-refractivity contribution >= 4 is 24.7 Å². The molecule has 0 saturated carbocycles. The Labute approximate surface area is 81.5 Å². The number of aromatic carboxylic acids is 1. The third-order valence-corrected chi connectivity index (χ3v) is 1.66. The predicted molar refractivity (Wildman–Crippen MR) is 54.1 cm³/mol. The Morgan fingerprint density at radius 1 is 1.69 bits per heavy atom. The molecule has 1 N–H and O–H groups in total. The summed E-state index contributed by atoms with van der Waals surface area (Å²) in [5.41, 5.74) is 0.671. The van der Waals surface area contributed by atoms with Crippen molar-refractivity contribution < 1.29 is 9.90 Å². The van der Waals surface area contributed by atoms with Crippen LogP contribution in [-0.4, -0.2) is 21.8 Å². The number of rotatable bonds is 3. The highest BCUT2D eigenvalue weighted by molar-refractivity contribution is 7.80. The lowest BCUT2D eigenvalue weighted by Crippen LogP contribution is -2.02. The van der Waals surface area contributed by atoms with Gasteiger partial charge in [0.2, 0.25) is 0 Å². The maximum atomic E-state index is 10.7. The molecule has 0 aromatic carbocycles. The minimum atomic E-state index is -1.01. The van der Waals surface area contributed by atoms with Crippen molar-refractivity contribution in [2.75, 3.05) is 5.75 Å². The summed E-state index contributed by atoms with van der Waals surface area (Å²) in [6, 6.07) is 3.40. The summed E-state index contributed by atoms with van der Waals surface area (Å²) < 4.78 is 0. The summed E-state index contributed by atoms with van der Waals surface area (Å²) in [5, 5.41) is 8.75. The monoisotopic (exact) mass is 195 g/mol. The summed E-state index contributed by atoms with van der Waals surface area (Å²) in [4.78, 5) is 14.4. The van der Waals surface area contributed by atoms with Gasteiger partial charge in [-0.3, -0.25) is 0 Å². The van der Waals surface area contributed by atoms with E-state index in [4.69, 9.17) is 5.11 Å². The first-order chi connectivity index (χ1) is 6.25. The minimum absolute atomic E-state index is 0.0699. The Bertz CT molecular complexity index is 336. The van der Waals surface area contributed by atoms with E-state index in [0.717, 1.165) is 0 Å². The molecule has 68 valence electrons. The van der Waals surface area contributed by atoms with Crippen LogP contribution in [0.2, 0.25) is 0 Å². The zero-order valence-electron chi connectivity index (χ0n) is 6.84. The number of carboxylic acids is 1. The van der Waals surface area contributed by atoms with E-state index < -0.39 is 5.97 Å². The van der Waals surface area contributed by atoms with Crippen LogP contribution in [0, 0.1) is 0 Å². The van der Waals surface area contributed by atoms with Crippen LogP contribution in [0.3, 0.4) is 0 Å². The zero-order valence-corrected chi connectivity index (χ0v) is 7.74. The van der Waals surface area contributed by atoms with E-state index in [1.165, 1.54) is 6.20 Å². The van der Waals surface area contributed by atoms with Gasteiger partial charge in [0.1, 0.15) is 0 Å². The second kappa shape index (κ2) is 4.67. The van der Waals surface area contributed by atoms with Crippen molar-refractivity contribution in [2.24, 2.45) is 0 Å². The van der Waals surface area contributed by atoms with Crippen LogP contribution < -0.4 is 0 Å². The van der Waals surface area contributed by atoms with Gasteiger partial charge in [-0.05, 0) is 6.07 Å². The van der Waals surface area contributed by atoms with E-state index in [2.05, 4.69) is 17.6 Å². The van der Waals surface area contributed by atoms with Crippen molar-refractivity contribution in [3.05, 3.63) is 35.7 Å². The van der Waals surface area contributed by atoms with Crippen LogP contribution in [0.25, 0.3) is 6.08 Å². The molecule has 0 fully saturated rings. The van der Waals surface area contributed by atoms with Crippen LogP contribution >= 0.6 is 12.6 Å². The Kier molecular flexibility index (Phi) is 3.52. The fourth-order valence-electron chi connectivity index (χ4n) is 0.911. The molecule has 0 amide bonds. The average Bonchev–Trinajstić information content (AvgIpc) is 2.15. The highest BCUT2D eigenvalue weighted by atomic mass is 32.1. The summed E-state index contributed by atoms with van der Waals surface area (Å²) >= 11 is 3.98. The highest BCUT2D eigenvalue weighted by Crippen LogP contribution is 2.07. The molecule has 4 heteroatoms. The standard InChI is InChI=1S/C9H9NO2S/c11-9(12)8-7(4-2-6-13)3-1-5-10-8/h1-5,13H,6H2,(H,11,12). The molecule has 3 nitrogen and oxygen atoms in total. The molecule has 0 atom stereocenters. The number of pyridine rings is 1. The molecule has 0 radical (unpaired) electrons. The van der Waals surface area contributed by atoms with Gasteiger partial charge in [0, 0.05) is 17.5 Å². The molecule has 0 saturated heterocycles. The highest BCUT2D eigenvalue weighted by Gasteiger charge is 2.07. The fourth-order valence-corrected chi connectivity index (χ4v) is 1.02. The summed E-state index contributed by atoms with van der Waals surface area (Å²) in [6.07, 6.45) is 4.93. The largest absolute Gasteiger partial charge is 0.476 e. The third kappa shape index (κ3) is 2.59. The van der Waals surface area contributed by atoms with Gasteiger partial charge in [-0.1, -0.05) is 18.2 Å². The van der Waals surface area contributed by atoms with E-state index in [1.807, 2.05) is 0 Å². The average molecular weight is 195 g/mol. The van der Waals surface area contributed by atoms with E-state index in [-0.39, 0.29) is 5.69 Å². The quantitative estimate of drug-likeness (QED) is 0.722. The first kappa shape index (κ1) is 9.80. The van der Waals surface area contributed by atoms with Gasteiger partial charge in [-0.25, -0.2) is 9.78 Å². The Morgan fingerprint density at radius 2 is 2.46 bits per heavy atom. The Morgan fingerprint density at radius 3 is 3.08 bits per heavy atom. The number of nitrogens with zero attached hydrogens (tertiary/aromatic N) is 1. The van der Waals surface area contributed by atoms with Gasteiger partial charge in [0.15, 0.2) is 5.69 Å². The minimum Gasteiger partial charge on any atom is -0.476 e. The summed E-state index contributed by atoms with van der Waals surface area (Å²) in [5.74, 6) is -0.437. The van der Waals surface area contributed by atoms with Crippen LogP contribution in [-0.2, 0) is 0 Å². The maximum Gasteiger partial charge on any atom is 0.355 e. The van der Waals surface area contributed by atoms with Crippen LogP contribution in [0.15, 0.2) is 24.4 Å². The summed E-state index contributed by atoms with van der Waals surface area (Å²) in [6.45, 7) is 0. The molecule has 0 aliphatic rings.